The first-order chi connectivity index (χ1) is 21.1. The number of aryl methyl sites for hydroxylation is 2. The molecule has 0 spiro atoms. The van der Waals surface area contributed by atoms with Crippen LogP contribution in [0, 0.1) is 13.8 Å². The number of fused-ring (bicyclic) bond motifs is 1. The maximum absolute atomic E-state index is 13.1. The van der Waals surface area contributed by atoms with Crippen LogP contribution in [-0.2, 0) is 31.0 Å². The van der Waals surface area contributed by atoms with E-state index in [-0.39, 0.29) is 32.4 Å². The summed E-state index contributed by atoms with van der Waals surface area (Å²) < 4.78 is 37.8. The van der Waals surface area contributed by atoms with Crippen LogP contribution in [0.5, 0.6) is 0 Å². The topological polar surface area (TPSA) is 188 Å². The molecule has 0 atom stereocenters. The molecule has 1 aromatic carbocycles. The number of thioether (sulfide) groups is 2. The lowest BCUT2D eigenvalue weighted by Crippen LogP contribution is -2.36. The summed E-state index contributed by atoms with van der Waals surface area (Å²) in [6, 6.07) is 4.14. The van der Waals surface area contributed by atoms with Gasteiger partial charge < -0.3 is 19.5 Å². The molecule has 1 saturated heterocycles. The summed E-state index contributed by atoms with van der Waals surface area (Å²) in [5.41, 5.74) is 2.59. The molecular formula is C28H29N3O10S4. The van der Waals surface area contributed by atoms with Gasteiger partial charge in [0.05, 0.1) is 16.5 Å². The van der Waals surface area contributed by atoms with E-state index in [0.29, 0.717) is 24.7 Å². The summed E-state index contributed by atoms with van der Waals surface area (Å²) in [7, 11) is -4.07. The molecule has 0 radical (unpaired) electrons. The second-order valence-corrected chi connectivity index (χ2v) is 14.5. The highest BCUT2D eigenvalue weighted by atomic mass is 32.2. The fourth-order valence-corrected chi connectivity index (χ4v) is 7.62. The Balaban J connectivity index is 1.71. The molecule has 13 nitrogen and oxygen atoms in total. The molecule has 0 bridgehead atoms. The van der Waals surface area contributed by atoms with Crippen molar-refractivity contribution < 1.29 is 42.0 Å². The summed E-state index contributed by atoms with van der Waals surface area (Å²) in [6.07, 6.45) is 5.39. The van der Waals surface area contributed by atoms with Crippen molar-refractivity contribution in [1.29, 1.82) is 0 Å². The maximum atomic E-state index is 13.1. The number of aliphatic carboxylic acids is 2. The van der Waals surface area contributed by atoms with Gasteiger partial charge in [0.1, 0.15) is 22.3 Å². The Hall–Kier alpha value is -3.64. The highest BCUT2D eigenvalue weighted by molar-refractivity contribution is 8.30. The van der Waals surface area contributed by atoms with Gasteiger partial charge in [0.25, 0.3) is 21.6 Å². The van der Waals surface area contributed by atoms with Gasteiger partial charge in [-0.2, -0.15) is 8.42 Å². The molecule has 2 aliphatic heterocycles. The van der Waals surface area contributed by atoms with E-state index in [2.05, 4.69) is 17.0 Å². The lowest BCUT2D eigenvalue weighted by molar-refractivity contribution is -0.140. The summed E-state index contributed by atoms with van der Waals surface area (Å²) in [4.78, 5) is 52.4. The second-order valence-electron chi connectivity index (χ2n) is 10.2. The van der Waals surface area contributed by atoms with Crippen molar-refractivity contribution in [2.45, 2.75) is 45.1 Å². The van der Waals surface area contributed by atoms with Gasteiger partial charge in [0.2, 0.25) is 5.55 Å². The zero-order valence-corrected chi connectivity index (χ0v) is 27.6. The number of anilines is 1. The number of rotatable bonds is 11. The zero-order chi connectivity index (χ0) is 33.2. The molecule has 0 aliphatic carbocycles. The number of nitrogens with zero attached hydrogens (tertiary/aromatic N) is 3. The number of hydrogen-bond donors (Lipinski definition) is 3. The van der Waals surface area contributed by atoms with Gasteiger partial charge in [-0.05, 0) is 80.3 Å². The minimum atomic E-state index is -4.07. The highest BCUT2D eigenvalue weighted by Crippen LogP contribution is 2.48. The zero-order valence-electron chi connectivity index (χ0n) is 24.3. The van der Waals surface area contributed by atoms with E-state index in [1.165, 1.54) is 17.8 Å². The van der Waals surface area contributed by atoms with Gasteiger partial charge in [-0.1, -0.05) is 36.1 Å². The molecule has 1 fully saturated rings. The minimum absolute atomic E-state index is 0.0706. The summed E-state index contributed by atoms with van der Waals surface area (Å²) >= 11 is 7.35. The molecule has 45 heavy (non-hydrogen) atoms. The number of carbonyl (C=O) groups excluding carboxylic acids is 1. The van der Waals surface area contributed by atoms with Crippen molar-refractivity contribution in [3.8, 4) is 0 Å². The number of hydrogen-bond acceptors (Lipinski definition) is 11. The number of oxazole rings is 1. The van der Waals surface area contributed by atoms with Gasteiger partial charge >= 0.3 is 11.9 Å². The predicted molar refractivity (Wildman–Crippen MR) is 174 cm³/mol. The van der Waals surface area contributed by atoms with Crippen LogP contribution >= 0.6 is 35.7 Å². The molecule has 2 aromatic rings. The Labute approximate surface area is 271 Å². The Morgan fingerprint density at radius 2 is 1.69 bits per heavy atom. The van der Waals surface area contributed by atoms with E-state index in [4.69, 9.17) is 26.3 Å². The van der Waals surface area contributed by atoms with Crippen molar-refractivity contribution >= 4 is 84.7 Å². The smallest absolute Gasteiger partial charge is 0.323 e. The normalized spacial score (nSPS) is 18.0. The Morgan fingerprint density at radius 1 is 1.02 bits per heavy atom. The van der Waals surface area contributed by atoms with E-state index < -0.39 is 46.6 Å². The first-order valence-corrected chi connectivity index (χ1v) is 17.0. The number of thiocarbonyl (C=S) groups is 1. The monoisotopic (exact) mass is 695 g/mol. The number of amides is 1. The predicted octanol–water partition coefficient (Wildman–Crippen LogP) is 2.04. The van der Waals surface area contributed by atoms with Crippen LogP contribution in [0.3, 0.4) is 0 Å². The van der Waals surface area contributed by atoms with Crippen molar-refractivity contribution in [3.63, 3.8) is 0 Å². The first kappa shape index (κ1) is 34.2. The SMILES string of the molecule is CC(C=CC=c1o/c(=C2/SC(=S)N(CC(=O)O)C2=O)n(CC(=O)O)c1=O)=C1Sc2cc(C)c(C)cc2N1CCCCS(=O)(=O)O. The van der Waals surface area contributed by atoms with Crippen molar-refractivity contribution in [2.24, 2.45) is 0 Å². The quantitative estimate of drug-likeness (QED) is 0.176. The number of benzene rings is 1. The number of allylic oxidation sites excluding steroid dienone is 3. The lowest BCUT2D eigenvalue weighted by atomic mass is 10.1. The Bertz CT molecular complexity index is 1960. The molecule has 2 aliphatic rings. The van der Waals surface area contributed by atoms with Crippen molar-refractivity contribution in [1.82, 2.24) is 9.47 Å². The molecule has 0 saturated carbocycles. The molecule has 4 rings (SSSR count). The van der Waals surface area contributed by atoms with E-state index in [9.17, 15) is 32.7 Å². The Morgan fingerprint density at radius 3 is 2.33 bits per heavy atom. The molecule has 1 aromatic heterocycles. The number of carboxylic acid groups (broad SMARTS) is 2. The van der Waals surface area contributed by atoms with Crippen LogP contribution in [0.4, 0.5) is 5.69 Å². The van der Waals surface area contributed by atoms with Crippen LogP contribution in [0.1, 0.15) is 30.9 Å². The number of carboxylic acids is 2. The molecule has 17 heteroatoms. The van der Waals surface area contributed by atoms with E-state index >= 15 is 0 Å². The van der Waals surface area contributed by atoms with Gasteiger partial charge in [0.15, 0.2) is 5.42 Å². The molecule has 1 amide bonds. The van der Waals surface area contributed by atoms with Gasteiger partial charge in [-0.25, -0.2) is 0 Å². The van der Waals surface area contributed by atoms with Gasteiger partial charge in [-0.3, -0.25) is 33.2 Å². The summed E-state index contributed by atoms with van der Waals surface area (Å²) in [5.74, 6) is -3.81. The third-order valence-corrected chi connectivity index (χ3v) is 10.3. The van der Waals surface area contributed by atoms with Crippen LogP contribution in [0.25, 0.3) is 11.0 Å². The largest absolute Gasteiger partial charge is 0.480 e. The van der Waals surface area contributed by atoms with Crippen molar-refractivity contribution in [3.05, 3.63) is 67.3 Å². The molecule has 3 heterocycles. The number of carbonyl (C=O) groups is 3. The minimum Gasteiger partial charge on any atom is -0.480 e. The van der Waals surface area contributed by atoms with Crippen LogP contribution in [0.2, 0.25) is 0 Å². The second kappa shape index (κ2) is 13.8. The summed E-state index contributed by atoms with van der Waals surface area (Å²) in [5, 5.41) is 19.4. The Kier molecular flexibility index (Phi) is 10.5. The standard InChI is InChI=1S/C28H29N3O10S4/c1-15(27-29(9-4-5-10-45(38,39)40)18-11-16(2)17(3)12-20(18)43-27)7-6-8-19-24(36)30(13-21(32)33)26(41-19)23-25(37)31(14-22(34)35)28(42)44-23/h6-8,11-12H,4-5,9-10,13-14H2,1-3H3,(H,32,33)(H,34,35)(H,38,39,40)/b7-6?,19-8?,26-23+,27-15?. The number of unbranched alkanes of at least 4 members (excludes halogenated alkanes) is 1. The molecular weight excluding hydrogens is 667 g/mol. The van der Waals surface area contributed by atoms with E-state index in [0.717, 1.165) is 41.8 Å². The third-order valence-electron chi connectivity index (χ3n) is 6.82. The fourth-order valence-electron chi connectivity index (χ4n) is 4.54. The van der Waals surface area contributed by atoms with Gasteiger partial charge in [0, 0.05) is 11.4 Å². The third kappa shape index (κ3) is 7.96. The van der Waals surface area contributed by atoms with E-state index in [1.807, 2.05) is 20.8 Å². The maximum Gasteiger partial charge on any atom is 0.323 e. The highest BCUT2D eigenvalue weighted by Gasteiger charge is 2.36. The molecule has 3 N–H and O–H groups in total. The van der Waals surface area contributed by atoms with E-state index in [1.54, 1.807) is 12.2 Å². The van der Waals surface area contributed by atoms with Gasteiger partial charge in [-0.15, -0.1) is 0 Å². The average molecular weight is 696 g/mol. The lowest BCUT2D eigenvalue weighted by Gasteiger charge is -2.22. The van der Waals surface area contributed by atoms with Crippen LogP contribution < -0.4 is 21.4 Å². The van der Waals surface area contributed by atoms with Crippen LogP contribution in [-0.4, -0.2) is 73.7 Å². The number of aromatic nitrogens is 1. The molecule has 0 unspecified atom stereocenters. The summed E-state index contributed by atoms with van der Waals surface area (Å²) in [6.45, 7) is 4.87. The first-order valence-electron chi connectivity index (χ1n) is 13.4. The average Bonchev–Trinajstić information content (AvgIpc) is 3.53. The molecule has 240 valence electrons. The van der Waals surface area contributed by atoms with Crippen molar-refractivity contribution in [2.75, 3.05) is 23.7 Å². The van der Waals surface area contributed by atoms with Crippen LogP contribution in [0.15, 0.2) is 49.0 Å². The fraction of sp³-hybridized carbons (Fsp3) is 0.321.